The summed E-state index contributed by atoms with van der Waals surface area (Å²) in [5, 5.41) is 13.5. The molecule has 14 heavy (non-hydrogen) atoms. The molecule has 0 aromatic carbocycles. The molecule has 0 bridgehead atoms. The van der Waals surface area contributed by atoms with Gasteiger partial charge in [0.05, 0.1) is 6.61 Å². The van der Waals surface area contributed by atoms with Gasteiger partial charge >= 0.3 is 0 Å². The van der Waals surface area contributed by atoms with E-state index in [1.54, 1.807) is 0 Å². The molecule has 0 aliphatic heterocycles. The number of hydrogen-bond donors (Lipinski definition) is 4. The zero-order chi connectivity index (χ0) is 11.0. The smallest absolute Gasteiger partial charge is 0.244 e. The van der Waals surface area contributed by atoms with Gasteiger partial charge in [0.1, 0.15) is 6.04 Å². The molecule has 6 heteroatoms. The first-order valence-corrected chi connectivity index (χ1v) is 4.47. The summed E-state index contributed by atoms with van der Waals surface area (Å²) >= 11 is 0. The molecule has 0 saturated heterocycles. The lowest BCUT2D eigenvalue weighted by atomic mass is 10.2. The molecular weight excluding hydrogens is 186 g/mol. The Morgan fingerprint density at radius 3 is 2.57 bits per heavy atom. The topological polar surface area (TPSA) is 104 Å². The number of nitrogens with one attached hydrogen (secondary N) is 2. The molecule has 1 unspecified atom stereocenters. The molecule has 1 atom stereocenters. The Balaban J connectivity index is 3.92. The van der Waals surface area contributed by atoms with Crippen LogP contribution in [0.4, 0.5) is 0 Å². The molecule has 0 saturated carbocycles. The van der Waals surface area contributed by atoms with Gasteiger partial charge in [-0.25, -0.2) is 0 Å². The summed E-state index contributed by atoms with van der Waals surface area (Å²) in [5.74, 6) is -0.688. The predicted molar refractivity (Wildman–Crippen MR) is 51.4 cm³/mol. The summed E-state index contributed by atoms with van der Waals surface area (Å²) < 4.78 is 0. The molecule has 0 spiro atoms. The van der Waals surface area contributed by atoms with E-state index in [9.17, 15) is 9.59 Å². The second kappa shape index (κ2) is 7.28. The Morgan fingerprint density at radius 2 is 2.14 bits per heavy atom. The number of rotatable bonds is 6. The molecule has 0 fully saturated rings. The van der Waals surface area contributed by atoms with Crippen LogP contribution >= 0.6 is 0 Å². The number of carbonyl (C=O) groups excluding carboxylic acids is 2. The molecular formula is C8H17N3O3. The van der Waals surface area contributed by atoms with Crippen molar-refractivity contribution in [3.05, 3.63) is 0 Å². The molecule has 6 nitrogen and oxygen atoms in total. The van der Waals surface area contributed by atoms with Crippen molar-refractivity contribution in [2.75, 3.05) is 20.2 Å². The highest BCUT2D eigenvalue weighted by Crippen LogP contribution is 1.89. The van der Waals surface area contributed by atoms with Crippen LogP contribution in [-0.4, -0.2) is 43.2 Å². The Morgan fingerprint density at radius 1 is 1.50 bits per heavy atom. The van der Waals surface area contributed by atoms with Crippen molar-refractivity contribution in [2.24, 2.45) is 5.73 Å². The van der Waals surface area contributed by atoms with Gasteiger partial charge in [0.15, 0.2) is 0 Å². The second-order valence-corrected chi connectivity index (χ2v) is 2.81. The maximum atomic E-state index is 11.1. The van der Waals surface area contributed by atoms with Crippen LogP contribution in [0.1, 0.15) is 12.8 Å². The third-order valence-corrected chi connectivity index (χ3v) is 1.69. The summed E-state index contributed by atoms with van der Waals surface area (Å²) in [6.07, 6.45) is 0.835. The number of amides is 2. The Kier molecular flexibility index (Phi) is 6.69. The van der Waals surface area contributed by atoms with Crippen LogP contribution in [0.2, 0.25) is 0 Å². The molecule has 0 aliphatic carbocycles. The van der Waals surface area contributed by atoms with Crippen LogP contribution in [0.25, 0.3) is 0 Å². The van der Waals surface area contributed by atoms with E-state index in [4.69, 9.17) is 10.8 Å². The summed E-state index contributed by atoms with van der Waals surface area (Å²) in [7, 11) is 1.44. The average Bonchev–Trinajstić information content (AvgIpc) is 2.21. The zero-order valence-corrected chi connectivity index (χ0v) is 8.25. The van der Waals surface area contributed by atoms with E-state index >= 15 is 0 Å². The van der Waals surface area contributed by atoms with Crippen molar-refractivity contribution in [2.45, 2.75) is 18.9 Å². The quantitative estimate of drug-likeness (QED) is 0.399. The largest absolute Gasteiger partial charge is 0.394 e. The van der Waals surface area contributed by atoms with Gasteiger partial charge in [0.25, 0.3) is 0 Å². The van der Waals surface area contributed by atoms with Crippen LogP contribution in [0.5, 0.6) is 0 Å². The van der Waals surface area contributed by atoms with Gasteiger partial charge in [-0.1, -0.05) is 0 Å². The van der Waals surface area contributed by atoms with Crippen molar-refractivity contribution in [3.63, 3.8) is 0 Å². The van der Waals surface area contributed by atoms with Crippen LogP contribution in [0.15, 0.2) is 0 Å². The van der Waals surface area contributed by atoms with Crippen molar-refractivity contribution < 1.29 is 14.7 Å². The molecule has 82 valence electrons. The summed E-state index contributed by atoms with van der Waals surface area (Å²) in [6.45, 7) is 0.0191. The van der Waals surface area contributed by atoms with Crippen molar-refractivity contribution in [1.82, 2.24) is 10.6 Å². The molecule has 0 aromatic rings. The van der Waals surface area contributed by atoms with E-state index in [2.05, 4.69) is 10.6 Å². The normalized spacial score (nSPS) is 11.9. The fourth-order valence-corrected chi connectivity index (χ4v) is 0.897. The van der Waals surface area contributed by atoms with Crippen molar-refractivity contribution >= 4 is 11.8 Å². The fourth-order valence-electron chi connectivity index (χ4n) is 0.897. The third kappa shape index (κ3) is 4.78. The lowest BCUT2D eigenvalue weighted by Gasteiger charge is -2.14. The molecule has 5 N–H and O–H groups in total. The van der Waals surface area contributed by atoms with Crippen LogP contribution in [0.3, 0.4) is 0 Å². The van der Waals surface area contributed by atoms with E-state index < -0.39 is 18.6 Å². The minimum atomic E-state index is -0.870. The third-order valence-electron chi connectivity index (χ3n) is 1.69. The lowest BCUT2D eigenvalue weighted by molar-refractivity contribution is -0.129. The minimum Gasteiger partial charge on any atom is -0.394 e. The van der Waals surface area contributed by atoms with Gasteiger partial charge in [0.2, 0.25) is 11.8 Å². The number of nitrogens with two attached hydrogens (primary N) is 1. The van der Waals surface area contributed by atoms with Gasteiger partial charge in [-0.05, 0) is 13.0 Å². The number of hydrogen-bond acceptors (Lipinski definition) is 4. The maximum absolute atomic E-state index is 11.1. The molecule has 0 radical (unpaired) electrons. The second-order valence-electron chi connectivity index (χ2n) is 2.81. The van der Waals surface area contributed by atoms with Gasteiger partial charge in [-0.2, -0.15) is 0 Å². The first-order chi connectivity index (χ1) is 6.65. The summed E-state index contributed by atoms with van der Waals surface area (Å²) in [4.78, 5) is 22.2. The van der Waals surface area contributed by atoms with Crippen molar-refractivity contribution in [1.29, 1.82) is 0 Å². The van der Waals surface area contributed by atoms with E-state index in [0.29, 0.717) is 13.0 Å². The highest BCUT2D eigenvalue weighted by Gasteiger charge is 2.17. The van der Waals surface area contributed by atoms with Crippen LogP contribution < -0.4 is 16.4 Å². The number of aliphatic hydroxyl groups is 1. The predicted octanol–water partition coefficient (Wildman–Crippen LogP) is -2.05. The summed E-state index contributed by atoms with van der Waals surface area (Å²) in [5.41, 5.74) is 5.22. The van der Waals surface area contributed by atoms with Gasteiger partial charge in [-0.3, -0.25) is 9.59 Å². The molecule has 0 heterocycles. The summed E-state index contributed by atoms with van der Waals surface area (Å²) in [6, 6.07) is -0.870. The highest BCUT2D eigenvalue weighted by molar-refractivity contribution is 5.87. The molecule has 2 amide bonds. The maximum Gasteiger partial charge on any atom is 0.244 e. The molecule has 0 aliphatic rings. The first-order valence-electron chi connectivity index (χ1n) is 4.47. The number of aliphatic hydroxyl groups excluding tert-OH is 1. The van der Waals surface area contributed by atoms with E-state index in [1.165, 1.54) is 7.05 Å². The van der Waals surface area contributed by atoms with E-state index in [-0.39, 0.29) is 12.3 Å². The van der Waals surface area contributed by atoms with Crippen molar-refractivity contribution in [3.8, 4) is 0 Å². The number of carbonyl (C=O) groups is 2. The van der Waals surface area contributed by atoms with Crippen LogP contribution in [-0.2, 0) is 9.59 Å². The molecule has 0 rings (SSSR count). The fraction of sp³-hybridized carbons (Fsp3) is 0.750. The van der Waals surface area contributed by atoms with E-state index in [0.717, 1.165) is 0 Å². The van der Waals surface area contributed by atoms with Gasteiger partial charge < -0.3 is 21.5 Å². The zero-order valence-electron chi connectivity index (χ0n) is 8.25. The van der Waals surface area contributed by atoms with Gasteiger partial charge in [0, 0.05) is 13.5 Å². The average molecular weight is 203 g/mol. The SMILES string of the molecule is CNC(=O)C(CO)NC(=O)CCCN. The molecule has 0 aromatic heterocycles. The highest BCUT2D eigenvalue weighted by atomic mass is 16.3. The lowest BCUT2D eigenvalue weighted by Crippen LogP contribution is -2.47. The Bertz CT molecular complexity index is 196. The van der Waals surface area contributed by atoms with Gasteiger partial charge in [-0.15, -0.1) is 0 Å². The standard InChI is InChI=1S/C8H17N3O3/c1-10-8(14)6(5-12)11-7(13)3-2-4-9/h6,12H,2-5,9H2,1H3,(H,10,14)(H,11,13). The monoisotopic (exact) mass is 203 g/mol. The Hall–Kier alpha value is -1.14. The van der Waals surface area contributed by atoms with Crippen LogP contribution in [0, 0.1) is 0 Å². The Labute approximate surface area is 82.9 Å². The number of likely N-dealkylation sites (N-methyl/N-ethyl adjacent to an activating group) is 1. The first kappa shape index (κ1) is 12.9. The minimum absolute atomic E-state index is 0.268. The van der Waals surface area contributed by atoms with E-state index in [1.807, 2.05) is 0 Å².